The zero-order valence-electron chi connectivity index (χ0n) is 18.8. The van der Waals surface area contributed by atoms with Crippen molar-refractivity contribution in [3.63, 3.8) is 0 Å². The second-order valence-corrected chi connectivity index (χ2v) is 10.8. The largest absolute Gasteiger partial charge is 0.444 e. The first kappa shape index (κ1) is 22.1. The third kappa shape index (κ3) is 5.06. The van der Waals surface area contributed by atoms with Crippen LogP contribution in [0.4, 0.5) is 9.18 Å². The Morgan fingerprint density at radius 1 is 1.13 bits per heavy atom. The van der Waals surface area contributed by atoms with Crippen LogP contribution in [-0.2, 0) is 4.74 Å². The lowest BCUT2D eigenvalue weighted by atomic mass is 10.00. The predicted molar refractivity (Wildman–Crippen MR) is 119 cm³/mol. The smallest absolute Gasteiger partial charge is 0.410 e. The highest BCUT2D eigenvalue weighted by Gasteiger charge is 2.40. The Hall–Kier alpha value is -2.06. The van der Waals surface area contributed by atoms with Crippen molar-refractivity contribution in [1.82, 2.24) is 20.0 Å². The van der Waals surface area contributed by atoms with Gasteiger partial charge in [0.1, 0.15) is 21.4 Å². The standard InChI is InChI=1S/C23H31FN4O2S/c1-14-13-28(22(29)30-23(3,4)5)15(2)12-27(14)19(16-8-10-18(24)11-9-16)21-26-25-20(31-21)17-6-7-17/h8-11,14-15,17,19H,6-7,12-13H2,1-5H3/t14-,15-,19?/m0/s1. The van der Waals surface area contributed by atoms with E-state index in [1.165, 1.54) is 25.0 Å². The number of benzene rings is 1. The average molecular weight is 447 g/mol. The van der Waals surface area contributed by atoms with Gasteiger partial charge in [-0.2, -0.15) is 0 Å². The summed E-state index contributed by atoms with van der Waals surface area (Å²) in [6, 6.07) is 6.58. The van der Waals surface area contributed by atoms with Gasteiger partial charge in [-0.1, -0.05) is 23.5 Å². The van der Waals surface area contributed by atoms with Gasteiger partial charge in [0, 0.05) is 31.1 Å². The summed E-state index contributed by atoms with van der Waals surface area (Å²) in [6.07, 6.45) is 2.08. The lowest BCUT2D eigenvalue weighted by Crippen LogP contribution is -2.59. The van der Waals surface area contributed by atoms with Crippen molar-refractivity contribution in [3.05, 3.63) is 45.7 Å². The van der Waals surface area contributed by atoms with Crippen LogP contribution in [0, 0.1) is 5.82 Å². The minimum Gasteiger partial charge on any atom is -0.444 e. The molecule has 1 aromatic carbocycles. The van der Waals surface area contributed by atoms with Gasteiger partial charge in [-0.05, 0) is 65.2 Å². The van der Waals surface area contributed by atoms with E-state index in [-0.39, 0.29) is 30.0 Å². The highest BCUT2D eigenvalue weighted by atomic mass is 32.1. The second kappa shape index (κ2) is 8.47. The summed E-state index contributed by atoms with van der Waals surface area (Å²) in [5, 5.41) is 11.0. The van der Waals surface area contributed by atoms with Crippen LogP contribution in [0.1, 0.15) is 75.0 Å². The van der Waals surface area contributed by atoms with Gasteiger partial charge in [0.25, 0.3) is 0 Å². The van der Waals surface area contributed by atoms with E-state index in [1.807, 2.05) is 44.7 Å². The SMILES string of the molecule is C[C@H]1CN(C(c2ccc(F)cc2)c2nnc(C3CC3)s2)[C@@H](C)CN1C(=O)OC(C)(C)C. The van der Waals surface area contributed by atoms with Gasteiger partial charge in [0.15, 0.2) is 0 Å². The minimum atomic E-state index is -0.528. The molecule has 2 aliphatic rings. The van der Waals surface area contributed by atoms with Crippen LogP contribution in [0.5, 0.6) is 0 Å². The van der Waals surface area contributed by atoms with E-state index in [9.17, 15) is 9.18 Å². The number of hydrogen-bond donors (Lipinski definition) is 0. The molecule has 2 aromatic rings. The van der Waals surface area contributed by atoms with Crippen LogP contribution in [0.3, 0.4) is 0 Å². The first-order chi connectivity index (χ1) is 14.6. The number of nitrogens with zero attached hydrogens (tertiary/aromatic N) is 4. The summed E-state index contributed by atoms with van der Waals surface area (Å²) in [5.74, 6) is 0.287. The summed E-state index contributed by atoms with van der Waals surface area (Å²) in [4.78, 5) is 16.9. The lowest BCUT2D eigenvalue weighted by molar-refractivity contribution is -0.0164. The summed E-state index contributed by atoms with van der Waals surface area (Å²) in [7, 11) is 0. The van der Waals surface area contributed by atoms with E-state index in [0.29, 0.717) is 19.0 Å². The molecule has 0 N–H and O–H groups in total. The normalized spacial score (nSPS) is 23.6. The Kier molecular flexibility index (Phi) is 6.05. The maximum atomic E-state index is 13.6. The third-order valence-corrected chi connectivity index (χ3v) is 6.93. The molecule has 31 heavy (non-hydrogen) atoms. The molecule has 168 valence electrons. The zero-order valence-corrected chi connectivity index (χ0v) is 19.7. The Morgan fingerprint density at radius 3 is 2.42 bits per heavy atom. The lowest BCUT2D eigenvalue weighted by Gasteiger charge is -2.46. The number of hydrogen-bond acceptors (Lipinski definition) is 6. The average Bonchev–Trinajstić information content (AvgIpc) is 3.43. The first-order valence-electron chi connectivity index (χ1n) is 11.0. The fourth-order valence-electron chi connectivity index (χ4n) is 4.06. The number of rotatable bonds is 4. The van der Waals surface area contributed by atoms with Gasteiger partial charge >= 0.3 is 6.09 Å². The molecular weight excluding hydrogens is 415 g/mol. The monoisotopic (exact) mass is 446 g/mol. The molecule has 1 unspecified atom stereocenters. The molecule has 2 heterocycles. The highest BCUT2D eigenvalue weighted by molar-refractivity contribution is 7.11. The maximum Gasteiger partial charge on any atom is 0.410 e. The van der Waals surface area contributed by atoms with Gasteiger partial charge < -0.3 is 9.64 Å². The van der Waals surface area contributed by atoms with Crippen LogP contribution in [-0.4, -0.2) is 56.9 Å². The minimum absolute atomic E-state index is 0.0233. The number of carbonyl (C=O) groups excluding carboxylic acids is 1. The van der Waals surface area contributed by atoms with Crippen LogP contribution in [0.25, 0.3) is 0 Å². The van der Waals surface area contributed by atoms with Crippen LogP contribution in [0.15, 0.2) is 24.3 Å². The van der Waals surface area contributed by atoms with E-state index in [0.717, 1.165) is 15.6 Å². The molecule has 1 amide bonds. The zero-order chi connectivity index (χ0) is 22.3. The molecule has 4 rings (SSSR count). The van der Waals surface area contributed by atoms with E-state index in [4.69, 9.17) is 4.74 Å². The summed E-state index contributed by atoms with van der Waals surface area (Å²) >= 11 is 1.66. The molecule has 6 nitrogen and oxygen atoms in total. The fourth-order valence-corrected chi connectivity index (χ4v) is 5.22. The number of amides is 1. The van der Waals surface area contributed by atoms with Crippen molar-refractivity contribution < 1.29 is 13.9 Å². The Morgan fingerprint density at radius 2 is 1.81 bits per heavy atom. The molecule has 8 heteroatoms. The molecule has 2 fully saturated rings. The number of carbonyl (C=O) groups is 1. The number of aromatic nitrogens is 2. The molecule has 1 aromatic heterocycles. The summed E-state index contributed by atoms with van der Waals surface area (Å²) in [5.41, 5.74) is 0.462. The molecular formula is C23H31FN4O2S. The van der Waals surface area contributed by atoms with E-state index < -0.39 is 5.60 Å². The van der Waals surface area contributed by atoms with E-state index in [2.05, 4.69) is 22.0 Å². The highest BCUT2D eigenvalue weighted by Crippen LogP contribution is 2.43. The van der Waals surface area contributed by atoms with Crippen molar-refractivity contribution in [3.8, 4) is 0 Å². The number of ether oxygens (including phenoxy) is 1. The summed E-state index contributed by atoms with van der Waals surface area (Å²) in [6.45, 7) is 11.0. The molecule has 3 atom stereocenters. The molecule has 0 radical (unpaired) electrons. The van der Waals surface area contributed by atoms with Gasteiger partial charge in [-0.3, -0.25) is 4.90 Å². The second-order valence-electron chi connectivity index (χ2n) is 9.73. The quantitative estimate of drug-likeness (QED) is 0.663. The fraction of sp³-hybridized carbons (Fsp3) is 0.609. The van der Waals surface area contributed by atoms with Gasteiger partial charge in [0.2, 0.25) is 0 Å². The van der Waals surface area contributed by atoms with Crippen molar-refractivity contribution in [2.45, 2.75) is 77.1 Å². The van der Waals surface area contributed by atoms with Crippen molar-refractivity contribution in [1.29, 1.82) is 0 Å². The molecule has 1 saturated heterocycles. The maximum absolute atomic E-state index is 13.6. The van der Waals surface area contributed by atoms with Crippen molar-refractivity contribution in [2.75, 3.05) is 13.1 Å². The first-order valence-corrected chi connectivity index (χ1v) is 11.8. The molecule has 0 spiro atoms. The molecule has 1 aliphatic carbocycles. The van der Waals surface area contributed by atoms with Crippen LogP contribution in [0.2, 0.25) is 0 Å². The Bertz CT molecular complexity index is 922. The Labute approximate surface area is 187 Å². The van der Waals surface area contributed by atoms with Crippen molar-refractivity contribution in [2.24, 2.45) is 0 Å². The van der Waals surface area contributed by atoms with E-state index in [1.54, 1.807) is 11.3 Å². The van der Waals surface area contributed by atoms with Crippen LogP contribution < -0.4 is 0 Å². The summed E-state index contributed by atoms with van der Waals surface area (Å²) < 4.78 is 19.2. The number of piperazine rings is 1. The topological polar surface area (TPSA) is 58.6 Å². The molecule has 1 aliphatic heterocycles. The van der Waals surface area contributed by atoms with Gasteiger partial charge in [-0.15, -0.1) is 10.2 Å². The van der Waals surface area contributed by atoms with Crippen LogP contribution >= 0.6 is 11.3 Å². The number of halogens is 1. The van der Waals surface area contributed by atoms with E-state index >= 15 is 0 Å². The van der Waals surface area contributed by atoms with Gasteiger partial charge in [0.05, 0.1) is 6.04 Å². The third-order valence-electron chi connectivity index (χ3n) is 5.80. The van der Waals surface area contributed by atoms with Gasteiger partial charge in [-0.25, -0.2) is 9.18 Å². The van der Waals surface area contributed by atoms with Crippen molar-refractivity contribution >= 4 is 17.4 Å². The Balaban J connectivity index is 1.60. The molecule has 0 bridgehead atoms. The molecule has 1 saturated carbocycles. The predicted octanol–water partition coefficient (Wildman–Crippen LogP) is 4.97.